The third kappa shape index (κ3) is 2.36. The first kappa shape index (κ1) is 13.0. The Balaban J connectivity index is 2.08. The van der Waals surface area contributed by atoms with Crippen molar-refractivity contribution < 1.29 is 9.53 Å². The van der Waals surface area contributed by atoms with Crippen LogP contribution < -0.4 is 10.1 Å². The molecular weight excluding hydrogens is 250 g/mol. The van der Waals surface area contributed by atoms with E-state index in [-0.39, 0.29) is 11.9 Å². The van der Waals surface area contributed by atoms with Crippen LogP contribution in [0, 0.1) is 0 Å². The van der Waals surface area contributed by atoms with Crippen molar-refractivity contribution >= 4 is 16.7 Å². The lowest BCUT2D eigenvalue weighted by Gasteiger charge is -2.26. The van der Waals surface area contributed by atoms with Crippen molar-refractivity contribution in [1.29, 1.82) is 0 Å². The molecule has 1 aliphatic carbocycles. The molecule has 1 atom stereocenters. The molecule has 1 unspecified atom stereocenters. The molecule has 0 saturated heterocycles. The summed E-state index contributed by atoms with van der Waals surface area (Å²) in [5, 5.41) is 5.46. The zero-order chi connectivity index (χ0) is 14.1. The van der Waals surface area contributed by atoms with Gasteiger partial charge in [0.2, 0.25) is 5.91 Å². The number of amides is 1. The van der Waals surface area contributed by atoms with Gasteiger partial charge in [-0.15, -0.1) is 0 Å². The van der Waals surface area contributed by atoms with Crippen LogP contribution in [-0.4, -0.2) is 13.0 Å². The van der Waals surface area contributed by atoms with Crippen LogP contribution in [-0.2, 0) is 11.2 Å². The second-order valence-corrected chi connectivity index (χ2v) is 5.41. The Morgan fingerprint density at radius 3 is 2.85 bits per heavy atom. The molecule has 3 heteroatoms. The Hall–Kier alpha value is -2.03. The summed E-state index contributed by atoms with van der Waals surface area (Å²) >= 11 is 0. The monoisotopic (exact) mass is 269 g/mol. The van der Waals surface area contributed by atoms with E-state index in [0.29, 0.717) is 0 Å². The maximum absolute atomic E-state index is 11.3. The summed E-state index contributed by atoms with van der Waals surface area (Å²) < 4.78 is 5.28. The molecule has 0 aliphatic heterocycles. The fourth-order valence-corrected chi connectivity index (χ4v) is 3.06. The van der Waals surface area contributed by atoms with Crippen LogP contribution in [0.1, 0.15) is 36.9 Å². The first-order valence-corrected chi connectivity index (χ1v) is 7.05. The standard InChI is InChI=1S/C17H19NO2/c1-11(19)18-17-5-3-4-13-8-14-9-15(20-2)7-6-12(14)10-16(13)17/h6-10,17H,3-5H2,1-2H3,(H,18,19). The minimum atomic E-state index is 0.0395. The summed E-state index contributed by atoms with van der Waals surface area (Å²) in [5.74, 6) is 0.921. The Morgan fingerprint density at radius 1 is 1.25 bits per heavy atom. The third-order valence-corrected chi connectivity index (χ3v) is 4.00. The highest BCUT2D eigenvalue weighted by Crippen LogP contribution is 2.34. The van der Waals surface area contributed by atoms with Crippen molar-refractivity contribution in [2.24, 2.45) is 0 Å². The van der Waals surface area contributed by atoms with Gasteiger partial charge < -0.3 is 10.1 Å². The minimum absolute atomic E-state index is 0.0395. The molecule has 0 aromatic heterocycles. The van der Waals surface area contributed by atoms with Gasteiger partial charge in [-0.25, -0.2) is 0 Å². The number of methoxy groups -OCH3 is 1. The number of carbonyl (C=O) groups excluding carboxylic acids is 1. The van der Waals surface area contributed by atoms with E-state index in [9.17, 15) is 4.79 Å². The highest BCUT2D eigenvalue weighted by molar-refractivity contribution is 5.86. The Kier molecular flexibility index (Phi) is 3.35. The normalized spacial score (nSPS) is 17.6. The number of hydrogen-bond acceptors (Lipinski definition) is 2. The van der Waals surface area contributed by atoms with Gasteiger partial charge in [0.15, 0.2) is 0 Å². The second-order valence-electron chi connectivity index (χ2n) is 5.41. The zero-order valence-corrected chi connectivity index (χ0v) is 11.9. The van der Waals surface area contributed by atoms with Crippen LogP contribution in [0.15, 0.2) is 30.3 Å². The topological polar surface area (TPSA) is 38.3 Å². The summed E-state index contributed by atoms with van der Waals surface area (Å²) in [4.78, 5) is 11.3. The minimum Gasteiger partial charge on any atom is -0.497 e. The van der Waals surface area contributed by atoms with E-state index in [4.69, 9.17) is 4.74 Å². The lowest BCUT2D eigenvalue weighted by Crippen LogP contribution is -2.28. The Morgan fingerprint density at radius 2 is 2.10 bits per heavy atom. The third-order valence-electron chi connectivity index (χ3n) is 4.00. The maximum atomic E-state index is 11.3. The first-order chi connectivity index (χ1) is 9.67. The quantitative estimate of drug-likeness (QED) is 0.907. The molecule has 1 aliphatic rings. The van der Waals surface area contributed by atoms with E-state index in [1.807, 2.05) is 6.07 Å². The van der Waals surface area contributed by atoms with Gasteiger partial charge in [-0.3, -0.25) is 4.79 Å². The molecule has 3 nitrogen and oxygen atoms in total. The lowest BCUT2D eigenvalue weighted by atomic mass is 9.85. The molecule has 0 fully saturated rings. The molecule has 2 aromatic rings. The van der Waals surface area contributed by atoms with Crippen LogP contribution in [0.25, 0.3) is 10.8 Å². The number of benzene rings is 2. The Bertz CT molecular complexity index is 663. The van der Waals surface area contributed by atoms with Gasteiger partial charge in [0.25, 0.3) is 0 Å². The molecule has 2 aromatic carbocycles. The number of aryl methyl sites for hydroxylation is 1. The van der Waals surface area contributed by atoms with E-state index in [1.165, 1.54) is 21.9 Å². The Labute approximate surface area is 118 Å². The molecule has 3 rings (SSSR count). The van der Waals surface area contributed by atoms with Crippen LogP contribution in [0.2, 0.25) is 0 Å². The maximum Gasteiger partial charge on any atom is 0.217 e. The van der Waals surface area contributed by atoms with Gasteiger partial charge in [-0.2, -0.15) is 0 Å². The van der Waals surface area contributed by atoms with Crippen LogP contribution in [0.3, 0.4) is 0 Å². The largest absolute Gasteiger partial charge is 0.497 e. The summed E-state index contributed by atoms with van der Waals surface area (Å²) in [5.41, 5.74) is 2.61. The molecule has 0 spiro atoms. The van der Waals surface area contributed by atoms with E-state index < -0.39 is 0 Å². The SMILES string of the molecule is COc1ccc2cc3c(cc2c1)CCCC3NC(C)=O. The fraction of sp³-hybridized carbons (Fsp3) is 0.353. The smallest absolute Gasteiger partial charge is 0.217 e. The number of hydrogen-bond donors (Lipinski definition) is 1. The van der Waals surface area contributed by atoms with Gasteiger partial charge in [0.05, 0.1) is 13.2 Å². The molecule has 0 bridgehead atoms. The van der Waals surface area contributed by atoms with Gasteiger partial charge in [0, 0.05) is 6.92 Å². The molecule has 0 saturated carbocycles. The molecular formula is C17H19NO2. The van der Waals surface area contributed by atoms with Crippen molar-refractivity contribution in [3.8, 4) is 5.75 Å². The fourth-order valence-electron chi connectivity index (χ4n) is 3.06. The lowest BCUT2D eigenvalue weighted by molar-refractivity contribution is -0.119. The van der Waals surface area contributed by atoms with Crippen molar-refractivity contribution in [3.05, 3.63) is 41.5 Å². The van der Waals surface area contributed by atoms with Crippen molar-refractivity contribution in [1.82, 2.24) is 5.32 Å². The van der Waals surface area contributed by atoms with Gasteiger partial charge >= 0.3 is 0 Å². The highest BCUT2D eigenvalue weighted by Gasteiger charge is 2.21. The average molecular weight is 269 g/mol. The second kappa shape index (κ2) is 5.16. The molecule has 1 N–H and O–H groups in total. The van der Waals surface area contributed by atoms with Crippen LogP contribution in [0.4, 0.5) is 0 Å². The van der Waals surface area contributed by atoms with Crippen molar-refractivity contribution in [3.63, 3.8) is 0 Å². The van der Waals surface area contributed by atoms with E-state index in [2.05, 4.69) is 29.6 Å². The van der Waals surface area contributed by atoms with Gasteiger partial charge in [-0.05, 0) is 59.4 Å². The van der Waals surface area contributed by atoms with Crippen LogP contribution in [0.5, 0.6) is 5.75 Å². The predicted molar refractivity (Wildman–Crippen MR) is 80.0 cm³/mol. The van der Waals surface area contributed by atoms with Crippen LogP contribution >= 0.6 is 0 Å². The van der Waals surface area contributed by atoms with Gasteiger partial charge in [-0.1, -0.05) is 12.1 Å². The summed E-state index contributed by atoms with van der Waals surface area (Å²) in [6.45, 7) is 1.58. The number of fused-ring (bicyclic) bond motifs is 2. The molecule has 1 amide bonds. The number of carbonyl (C=O) groups is 1. The molecule has 20 heavy (non-hydrogen) atoms. The number of ether oxygens (including phenoxy) is 1. The summed E-state index contributed by atoms with van der Waals surface area (Å²) in [6.07, 6.45) is 3.22. The average Bonchev–Trinajstić information content (AvgIpc) is 2.44. The van der Waals surface area contributed by atoms with E-state index >= 15 is 0 Å². The highest BCUT2D eigenvalue weighted by atomic mass is 16.5. The summed E-state index contributed by atoms with van der Waals surface area (Å²) in [7, 11) is 1.69. The van der Waals surface area contributed by atoms with Crippen molar-refractivity contribution in [2.75, 3.05) is 7.11 Å². The predicted octanol–water partition coefficient (Wildman–Crippen LogP) is 3.36. The van der Waals surface area contributed by atoms with E-state index in [1.54, 1.807) is 14.0 Å². The zero-order valence-electron chi connectivity index (χ0n) is 11.9. The molecule has 104 valence electrons. The first-order valence-electron chi connectivity index (χ1n) is 7.05. The van der Waals surface area contributed by atoms with E-state index in [0.717, 1.165) is 25.0 Å². The summed E-state index contributed by atoms with van der Waals surface area (Å²) in [6, 6.07) is 10.7. The van der Waals surface area contributed by atoms with Crippen molar-refractivity contribution in [2.45, 2.75) is 32.2 Å². The number of rotatable bonds is 2. The molecule has 0 heterocycles. The number of nitrogens with one attached hydrogen (secondary N) is 1. The molecule has 0 radical (unpaired) electrons. The van der Waals surface area contributed by atoms with Gasteiger partial charge in [0.1, 0.15) is 5.75 Å².